The highest BCUT2D eigenvalue weighted by Gasteiger charge is 2.10. The molecule has 0 aromatic heterocycles. The van der Waals surface area contributed by atoms with Crippen LogP contribution in [0.3, 0.4) is 0 Å². The summed E-state index contributed by atoms with van der Waals surface area (Å²) in [6.45, 7) is 6.87. The van der Waals surface area contributed by atoms with Crippen molar-refractivity contribution in [1.82, 2.24) is 5.32 Å². The molecule has 1 aromatic rings. The van der Waals surface area contributed by atoms with Crippen molar-refractivity contribution in [1.29, 1.82) is 0 Å². The lowest BCUT2D eigenvalue weighted by Crippen LogP contribution is -2.37. The Balaban J connectivity index is 2.50. The zero-order valence-electron chi connectivity index (χ0n) is 11.8. The van der Waals surface area contributed by atoms with E-state index in [1.165, 1.54) is 0 Å². The van der Waals surface area contributed by atoms with E-state index in [1.807, 2.05) is 12.1 Å². The molecule has 0 saturated carbocycles. The molecule has 106 valence electrons. The summed E-state index contributed by atoms with van der Waals surface area (Å²) in [5.41, 5.74) is 0.756. The molecule has 19 heavy (non-hydrogen) atoms. The second kappa shape index (κ2) is 6.91. The van der Waals surface area contributed by atoms with Crippen LogP contribution in [0.5, 0.6) is 5.75 Å². The Hall–Kier alpha value is -1.07. The fraction of sp³-hybridized carbons (Fsp3) is 0.500. The number of nitrogens with one attached hydrogen (secondary N) is 2. The average Bonchev–Trinajstić information content (AvgIpc) is 2.26. The lowest BCUT2D eigenvalue weighted by atomic mass is 10.1. The summed E-state index contributed by atoms with van der Waals surface area (Å²) in [6, 6.07) is 5.48. The van der Waals surface area contributed by atoms with E-state index < -0.39 is 0 Å². The molecule has 0 bridgehead atoms. The van der Waals surface area contributed by atoms with Crippen molar-refractivity contribution in [3.8, 4) is 5.75 Å². The van der Waals surface area contributed by atoms with Crippen molar-refractivity contribution >= 4 is 27.5 Å². The number of amides is 1. The SMILES string of the molecule is COc1cc(Br)cc(NC(=O)CCNC(C)(C)C)c1. The van der Waals surface area contributed by atoms with E-state index >= 15 is 0 Å². The summed E-state index contributed by atoms with van der Waals surface area (Å²) < 4.78 is 6.02. The molecule has 2 N–H and O–H groups in total. The fourth-order valence-corrected chi connectivity index (χ4v) is 2.00. The van der Waals surface area contributed by atoms with Gasteiger partial charge in [-0.3, -0.25) is 4.79 Å². The number of halogens is 1. The molecule has 4 nitrogen and oxygen atoms in total. The second-order valence-corrected chi connectivity index (χ2v) is 6.27. The summed E-state index contributed by atoms with van der Waals surface area (Å²) in [7, 11) is 1.60. The van der Waals surface area contributed by atoms with Gasteiger partial charge >= 0.3 is 0 Å². The van der Waals surface area contributed by atoms with Crippen molar-refractivity contribution in [3.05, 3.63) is 22.7 Å². The summed E-state index contributed by atoms with van der Waals surface area (Å²) in [5.74, 6) is 0.689. The lowest BCUT2D eigenvalue weighted by molar-refractivity contribution is -0.116. The van der Waals surface area contributed by atoms with Gasteiger partial charge < -0.3 is 15.4 Å². The summed E-state index contributed by atoms with van der Waals surface area (Å²) in [5, 5.41) is 6.13. The normalized spacial score (nSPS) is 11.2. The van der Waals surface area contributed by atoms with Crippen LogP contribution in [0.2, 0.25) is 0 Å². The highest BCUT2D eigenvalue weighted by molar-refractivity contribution is 9.10. The Morgan fingerprint density at radius 1 is 1.32 bits per heavy atom. The van der Waals surface area contributed by atoms with Gasteiger partial charge in [0.1, 0.15) is 5.75 Å². The molecule has 0 atom stereocenters. The van der Waals surface area contributed by atoms with Crippen LogP contribution < -0.4 is 15.4 Å². The van der Waals surface area contributed by atoms with Crippen LogP contribution in [-0.2, 0) is 4.79 Å². The van der Waals surface area contributed by atoms with Crippen LogP contribution in [0.25, 0.3) is 0 Å². The van der Waals surface area contributed by atoms with Gasteiger partial charge in [-0.15, -0.1) is 0 Å². The average molecular weight is 329 g/mol. The van der Waals surface area contributed by atoms with E-state index in [2.05, 4.69) is 47.3 Å². The fourth-order valence-electron chi connectivity index (χ4n) is 1.53. The first-order chi connectivity index (χ1) is 8.80. The topological polar surface area (TPSA) is 50.4 Å². The second-order valence-electron chi connectivity index (χ2n) is 5.35. The van der Waals surface area contributed by atoms with Gasteiger partial charge in [-0.25, -0.2) is 0 Å². The smallest absolute Gasteiger partial charge is 0.225 e. The number of benzene rings is 1. The zero-order valence-corrected chi connectivity index (χ0v) is 13.4. The van der Waals surface area contributed by atoms with Gasteiger partial charge in [-0.1, -0.05) is 15.9 Å². The van der Waals surface area contributed by atoms with Crippen molar-refractivity contribution in [2.45, 2.75) is 32.7 Å². The van der Waals surface area contributed by atoms with Crippen LogP contribution >= 0.6 is 15.9 Å². The van der Waals surface area contributed by atoms with Crippen LogP contribution in [-0.4, -0.2) is 25.1 Å². The maximum Gasteiger partial charge on any atom is 0.225 e. The van der Waals surface area contributed by atoms with E-state index in [0.29, 0.717) is 18.7 Å². The van der Waals surface area contributed by atoms with Crippen molar-refractivity contribution in [2.24, 2.45) is 0 Å². The molecule has 0 heterocycles. The van der Waals surface area contributed by atoms with Crippen LogP contribution in [0.4, 0.5) is 5.69 Å². The van der Waals surface area contributed by atoms with Crippen LogP contribution in [0.1, 0.15) is 27.2 Å². The highest BCUT2D eigenvalue weighted by Crippen LogP contribution is 2.24. The third kappa shape index (κ3) is 6.59. The maximum atomic E-state index is 11.8. The molecule has 5 heteroatoms. The molecule has 1 amide bonds. The number of carbonyl (C=O) groups excluding carboxylic acids is 1. The molecule has 1 rings (SSSR count). The third-order valence-corrected chi connectivity index (χ3v) is 2.86. The molecule has 0 radical (unpaired) electrons. The zero-order chi connectivity index (χ0) is 14.5. The standard InChI is InChI=1S/C14H21BrN2O2/c1-14(2,3)16-6-5-13(18)17-11-7-10(15)8-12(9-11)19-4/h7-9,16H,5-6H2,1-4H3,(H,17,18). The van der Waals surface area contributed by atoms with Crippen molar-refractivity contribution < 1.29 is 9.53 Å². The molecular weight excluding hydrogens is 308 g/mol. The minimum absolute atomic E-state index is 0.0168. The van der Waals surface area contributed by atoms with Gasteiger partial charge in [0.05, 0.1) is 7.11 Å². The van der Waals surface area contributed by atoms with Gasteiger partial charge in [0.25, 0.3) is 0 Å². The van der Waals surface area contributed by atoms with Crippen molar-refractivity contribution in [2.75, 3.05) is 19.0 Å². The van der Waals surface area contributed by atoms with Gasteiger partial charge in [-0.05, 0) is 32.9 Å². The number of carbonyl (C=O) groups is 1. The first-order valence-electron chi connectivity index (χ1n) is 6.19. The lowest BCUT2D eigenvalue weighted by Gasteiger charge is -2.20. The number of rotatable bonds is 5. The van der Waals surface area contributed by atoms with Crippen LogP contribution in [0.15, 0.2) is 22.7 Å². The molecule has 0 aliphatic rings. The van der Waals surface area contributed by atoms with Crippen molar-refractivity contribution in [3.63, 3.8) is 0 Å². The third-order valence-electron chi connectivity index (χ3n) is 2.40. The quantitative estimate of drug-likeness (QED) is 0.872. The summed E-state index contributed by atoms with van der Waals surface area (Å²) >= 11 is 3.38. The van der Waals surface area contributed by atoms with E-state index in [-0.39, 0.29) is 11.4 Å². The highest BCUT2D eigenvalue weighted by atomic mass is 79.9. The van der Waals surface area contributed by atoms with E-state index in [0.717, 1.165) is 10.2 Å². The minimum atomic E-state index is -0.0168. The maximum absolute atomic E-state index is 11.8. The Bertz CT molecular complexity index is 442. The first kappa shape index (κ1) is 16.0. The van der Waals surface area contributed by atoms with Gasteiger partial charge in [0.2, 0.25) is 5.91 Å². The number of hydrogen-bond donors (Lipinski definition) is 2. The molecule has 0 saturated heterocycles. The monoisotopic (exact) mass is 328 g/mol. The van der Waals surface area contributed by atoms with E-state index in [1.54, 1.807) is 13.2 Å². The number of methoxy groups -OCH3 is 1. The predicted molar refractivity (Wildman–Crippen MR) is 81.7 cm³/mol. The number of hydrogen-bond acceptors (Lipinski definition) is 3. The Morgan fingerprint density at radius 3 is 2.58 bits per heavy atom. The van der Waals surface area contributed by atoms with Crippen LogP contribution in [0, 0.1) is 0 Å². The largest absolute Gasteiger partial charge is 0.497 e. The Morgan fingerprint density at radius 2 is 2.00 bits per heavy atom. The Labute approximate surface area is 123 Å². The first-order valence-corrected chi connectivity index (χ1v) is 6.99. The van der Waals surface area contributed by atoms with E-state index in [9.17, 15) is 4.79 Å². The molecule has 0 spiro atoms. The number of ether oxygens (including phenoxy) is 1. The van der Waals surface area contributed by atoms with Gasteiger partial charge in [0.15, 0.2) is 0 Å². The molecule has 1 aromatic carbocycles. The summed E-state index contributed by atoms with van der Waals surface area (Å²) in [6.07, 6.45) is 0.437. The molecule has 0 aliphatic heterocycles. The predicted octanol–water partition coefficient (Wildman–Crippen LogP) is 3.17. The molecule has 0 aliphatic carbocycles. The Kier molecular flexibility index (Phi) is 5.82. The van der Waals surface area contributed by atoms with E-state index in [4.69, 9.17) is 4.74 Å². The minimum Gasteiger partial charge on any atom is -0.497 e. The van der Waals surface area contributed by atoms with Gasteiger partial charge in [0, 0.05) is 34.7 Å². The van der Waals surface area contributed by atoms with Gasteiger partial charge in [-0.2, -0.15) is 0 Å². The molecule has 0 unspecified atom stereocenters. The molecular formula is C14H21BrN2O2. The summed E-state index contributed by atoms with van der Waals surface area (Å²) in [4.78, 5) is 11.8. The number of anilines is 1. The molecule has 0 fully saturated rings.